The zero-order valence-electron chi connectivity index (χ0n) is 13.7. The first kappa shape index (κ1) is 18.8. The molecule has 1 heterocycles. The zero-order valence-corrected chi connectivity index (χ0v) is 15.2. The number of benzene rings is 1. The van der Waals surface area contributed by atoms with E-state index in [2.05, 4.69) is 15.2 Å². The van der Waals surface area contributed by atoms with Crippen molar-refractivity contribution >= 4 is 29.1 Å². The molecule has 0 radical (unpaired) electrons. The number of nitrogens with one attached hydrogen (secondary N) is 1. The minimum Gasteiger partial charge on any atom is -0.486 e. The molecule has 1 aromatic heterocycles. The van der Waals surface area contributed by atoms with Crippen molar-refractivity contribution in [1.29, 1.82) is 5.26 Å². The lowest BCUT2D eigenvalue weighted by molar-refractivity contribution is -0.112. The number of allylic oxidation sites excluding steroid dienone is 2. The Bertz CT molecular complexity index is 852. The number of halogens is 1. The molecule has 130 valence electrons. The largest absolute Gasteiger partial charge is 0.486 e. The first-order chi connectivity index (χ1) is 11.9. The van der Waals surface area contributed by atoms with Gasteiger partial charge in [-0.25, -0.2) is 4.98 Å². The predicted molar refractivity (Wildman–Crippen MR) is 95.1 cm³/mol. The van der Waals surface area contributed by atoms with Crippen molar-refractivity contribution in [2.75, 3.05) is 5.75 Å². The monoisotopic (exact) mass is 377 g/mol. The van der Waals surface area contributed by atoms with Crippen LogP contribution < -0.4 is 10.5 Å². The lowest BCUT2D eigenvalue weighted by Crippen LogP contribution is -2.10. The van der Waals surface area contributed by atoms with Gasteiger partial charge in [0, 0.05) is 10.7 Å². The number of rotatable bonds is 7. The summed E-state index contributed by atoms with van der Waals surface area (Å²) < 4.78 is 5.62. The van der Waals surface area contributed by atoms with Crippen molar-refractivity contribution in [2.45, 2.75) is 25.6 Å². The molecule has 0 aliphatic rings. The summed E-state index contributed by atoms with van der Waals surface area (Å²) in [6.07, 6.45) is 0. The molecule has 0 spiro atoms. The number of nitrogens with two attached hydrogens (primary N) is 1. The number of thioether (sulfide) groups is 1. The summed E-state index contributed by atoms with van der Waals surface area (Å²) in [5, 5.41) is 16.7. The predicted octanol–water partition coefficient (Wildman–Crippen LogP) is 2.76. The molecule has 0 amide bonds. The van der Waals surface area contributed by atoms with E-state index in [1.165, 1.54) is 6.92 Å². The summed E-state index contributed by atoms with van der Waals surface area (Å²) in [4.78, 5) is 16.1. The van der Waals surface area contributed by atoms with Crippen molar-refractivity contribution in [1.82, 2.24) is 15.2 Å². The molecule has 2 aromatic rings. The average Bonchev–Trinajstić information content (AvgIpc) is 3.02. The van der Waals surface area contributed by atoms with Crippen LogP contribution in [0.1, 0.15) is 18.3 Å². The van der Waals surface area contributed by atoms with Gasteiger partial charge in [0.25, 0.3) is 0 Å². The highest BCUT2D eigenvalue weighted by molar-refractivity contribution is 7.99. The second-order valence-electron chi connectivity index (χ2n) is 5.15. The highest BCUT2D eigenvalue weighted by Crippen LogP contribution is 2.22. The number of aryl methyl sites for hydroxylation is 1. The van der Waals surface area contributed by atoms with Gasteiger partial charge in [0.15, 0.2) is 11.6 Å². The fraction of sp³-hybridized carbons (Fsp3) is 0.250. The van der Waals surface area contributed by atoms with Crippen LogP contribution in [-0.2, 0) is 11.4 Å². The molecule has 2 rings (SSSR count). The molecule has 0 fully saturated rings. The van der Waals surface area contributed by atoms with Crippen molar-refractivity contribution in [3.05, 3.63) is 45.9 Å². The second-order valence-corrected chi connectivity index (χ2v) is 6.50. The van der Waals surface area contributed by atoms with Crippen molar-refractivity contribution in [3.63, 3.8) is 0 Å². The quantitative estimate of drug-likeness (QED) is 0.432. The van der Waals surface area contributed by atoms with E-state index in [0.717, 1.165) is 17.3 Å². The molecule has 3 N–H and O–H groups in total. The third-order valence-corrected chi connectivity index (χ3v) is 4.40. The van der Waals surface area contributed by atoms with Crippen LogP contribution >= 0.6 is 23.4 Å². The van der Waals surface area contributed by atoms with E-state index in [1.807, 2.05) is 13.0 Å². The third kappa shape index (κ3) is 5.24. The Labute approximate surface area is 154 Å². The average molecular weight is 378 g/mol. The normalized spacial score (nSPS) is 11.6. The molecule has 1 aromatic carbocycles. The Hall–Kier alpha value is -2.50. The van der Waals surface area contributed by atoms with Crippen LogP contribution in [0.25, 0.3) is 0 Å². The molecule has 25 heavy (non-hydrogen) atoms. The molecule has 7 nitrogen and oxygen atoms in total. The number of nitrogens with zero attached hydrogens (tertiary/aromatic N) is 3. The highest BCUT2D eigenvalue weighted by Gasteiger charge is 2.14. The van der Waals surface area contributed by atoms with Crippen molar-refractivity contribution in [3.8, 4) is 11.8 Å². The Morgan fingerprint density at radius 1 is 1.52 bits per heavy atom. The number of aromatic nitrogens is 3. The summed E-state index contributed by atoms with van der Waals surface area (Å²) in [6.45, 7) is 3.61. The zero-order chi connectivity index (χ0) is 18.4. The van der Waals surface area contributed by atoms with Crippen molar-refractivity contribution < 1.29 is 9.53 Å². The number of carbonyl (C=O) groups excluding carboxylic acids is 1. The number of H-pyrrole nitrogens is 1. The molecular weight excluding hydrogens is 362 g/mol. The van der Waals surface area contributed by atoms with Gasteiger partial charge in [0.2, 0.25) is 5.16 Å². The van der Waals surface area contributed by atoms with Gasteiger partial charge < -0.3 is 10.5 Å². The van der Waals surface area contributed by atoms with Crippen LogP contribution in [0, 0.1) is 18.3 Å². The van der Waals surface area contributed by atoms with Gasteiger partial charge in [-0.3, -0.25) is 9.89 Å². The maximum atomic E-state index is 11.9. The van der Waals surface area contributed by atoms with E-state index in [-0.39, 0.29) is 29.4 Å². The number of ketones is 1. The standard InChI is InChI=1S/C16H16ClN5O2S/c1-9-5-11(3-4-13(9)17)24-7-15-20-16(22-21-15)25-8-14(23)12(6-18)10(2)19/h3-5H,7-8,19H2,1-2H3,(H,20,21,22)/b12-10+. The van der Waals surface area contributed by atoms with E-state index in [1.54, 1.807) is 18.2 Å². The first-order valence-corrected chi connectivity index (χ1v) is 8.59. The number of hydrogen-bond acceptors (Lipinski definition) is 7. The third-order valence-electron chi connectivity index (χ3n) is 3.13. The molecule has 0 unspecified atom stereocenters. The summed E-state index contributed by atoms with van der Waals surface area (Å²) >= 11 is 7.09. The van der Waals surface area contributed by atoms with Crippen LogP contribution in [0.5, 0.6) is 5.75 Å². The number of ether oxygens (including phenoxy) is 1. The van der Waals surface area contributed by atoms with Gasteiger partial charge >= 0.3 is 0 Å². The number of carbonyl (C=O) groups is 1. The van der Waals surface area contributed by atoms with Gasteiger partial charge in [-0.1, -0.05) is 23.4 Å². The van der Waals surface area contributed by atoms with Gasteiger partial charge in [-0.15, -0.1) is 5.10 Å². The Morgan fingerprint density at radius 2 is 2.28 bits per heavy atom. The SMILES string of the molecule is C/C(N)=C(/C#N)C(=O)CSc1n[nH]c(COc2ccc(Cl)c(C)c2)n1. The summed E-state index contributed by atoms with van der Waals surface area (Å²) in [5.74, 6) is 0.872. The lowest BCUT2D eigenvalue weighted by Gasteiger charge is -2.05. The van der Waals surface area contributed by atoms with E-state index < -0.39 is 0 Å². The molecular formula is C16H16ClN5O2S. The fourth-order valence-electron chi connectivity index (χ4n) is 1.84. The molecule has 0 saturated carbocycles. The second kappa shape index (κ2) is 8.55. The first-order valence-electron chi connectivity index (χ1n) is 7.23. The molecule has 0 aliphatic carbocycles. The Balaban J connectivity index is 1.90. The summed E-state index contributed by atoms with van der Waals surface area (Å²) in [7, 11) is 0. The van der Waals surface area contributed by atoms with Crippen LogP contribution in [0.15, 0.2) is 34.6 Å². The highest BCUT2D eigenvalue weighted by atomic mass is 35.5. The Morgan fingerprint density at radius 3 is 2.92 bits per heavy atom. The van der Waals surface area contributed by atoms with Crippen LogP contribution in [0.3, 0.4) is 0 Å². The molecule has 9 heteroatoms. The maximum absolute atomic E-state index is 11.9. The van der Waals surface area contributed by atoms with E-state index in [9.17, 15) is 4.79 Å². The Kier molecular flexibility index (Phi) is 6.44. The van der Waals surface area contributed by atoms with Crippen LogP contribution in [0.2, 0.25) is 5.02 Å². The van der Waals surface area contributed by atoms with E-state index in [4.69, 9.17) is 27.3 Å². The molecule has 0 saturated heterocycles. The number of Topliss-reactive ketones (excluding diaryl/α,β-unsaturated/α-hetero) is 1. The van der Waals surface area contributed by atoms with Crippen molar-refractivity contribution in [2.24, 2.45) is 5.73 Å². The summed E-state index contributed by atoms with van der Waals surface area (Å²) in [5.41, 5.74) is 6.59. The van der Waals surface area contributed by atoms with E-state index in [0.29, 0.717) is 21.8 Å². The van der Waals surface area contributed by atoms with Crippen LogP contribution in [0.4, 0.5) is 0 Å². The number of nitriles is 1. The number of aromatic amines is 1. The molecule has 0 aliphatic heterocycles. The van der Waals surface area contributed by atoms with Gasteiger partial charge in [-0.05, 0) is 37.6 Å². The maximum Gasteiger partial charge on any atom is 0.208 e. The minimum absolute atomic E-state index is 0.0337. The van der Waals surface area contributed by atoms with Gasteiger partial charge in [-0.2, -0.15) is 5.26 Å². The smallest absolute Gasteiger partial charge is 0.208 e. The minimum atomic E-state index is -0.355. The van der Waals surface area contributed by atoms with E-state index >= 15 is 0 Å². The van der Waals surface area contributed by atoms with Crippen LogP contribution in [-0.4, -0.2) is 26.7 Å². The molecule has 0 atom stereocenters. The number of hydrogen-bond donors (Lipinski definition) is 2. The summed E-state index contributed by atoms with van der Waals surface area (Å²) in [6, 6.07) is 7.17. The molecule has 0 bridgehead atoms. The fourth-order valence-corrected chi connectivity index (χ4v) is 2.65. The van der Waals surface area contributed by atoms with Gasteiger partial charge in [0.05, 0.1) is 5.75 Å². The topological polar surface area (TPSA) is 118 Å². The van der Waals surface area contributed by atoms with Gasteiger partial charge in [0.1, 0.15) is 24.0 Å². The lowest BCUT2D eigenvalue weighted by atomic mass is 10.2.